The lowest BCUT2D eigenvalue weighted by Crippen LogP contribution is -2.49. The summed E-state index contributed by atoms with van der Waals surface area (Å²) in [6.45, 7) is 3.22. The number of ether oxygens (including phenoxy) is 1. The van der Waals surface area contributed by atoms with Gasteiger partial charge in [0.2, 0.25) is 11.8 Å². The van der Waals surface area contributed by atoms with Crippen LogP contribution in [0.2, 0.25) is 0 Å². The van der Waals surface area contributed by atoms with Gasteiger partial charge in [-0.25, -0.2) is 0 Å². The lowest BCUT2D eigenvalue weighted by Gasteiger charge is -2.27. The predicted octanol–water partition coefficient (Wildman–Crippen LogP) is 2.74. The maximum absolute atomic E-state index is 13.0. The maximum Gasteiger partial charge on any atom is 0.249 e. The molecular weight excluding hydrogens is 332 g/mol. The van der Waals surface area contributed by atoms with E-state index in [1.54, 1.807) is 24.2 Å². The zero-order valence-electron chi connectivity index (χ0n) is 14.9. The molecule has 3 rings (SSSR count). The minimum absolute atomic E-state index is 0.0832. The number of para-hydroxylation sites is 1. The Morgan fingerprint density at radius 2 is 1.88 bits per heavy atom. The Hall–Kier alpha value is -2.60. The van der Waals surface area contributed by atoms with Gasteiger partial charge in [0, 0.05) is 24.8 Å². The van der Waals surface area contributed by atoms with E-state index >= 15 is 0 Å². The van der Waals surface area contributed by atoms with Crippen LogP contribution in [0, 0.1) is 5.92 Å². The Labute approximate surface area is 153 Å². The van der Waals surface area contributed by atoms with E-state index in [0.29, 0.717) is 38.4 Å². The smallest absolute Gasteiger partial charge is 0.249 e. The second-order valence-corrected chi connectivity index (χ2v) is 6.46. The fourth-order valence-electron chi connectivity index (χ4n) is 3.05. The lowest BCUT2D eigenvalue weighted by molar-refractivity contribution is -0.131. The summed E-state index contributed by atoms with van der Waals surface area (Å²) < 4.78 is 10.7. The van der Waals surface area contributed by atoms with Crippen molar-refractivity contribution in [2.24, 2.45) is 5.92 Å². The number of furan rings is 1. The molecule has 6 heteroatoms. The first-order chi connectivity index (χ1) is 12.6. The molecule has 0 bridgehead atoms. The standard InChI is InChI=1S/C20H24N2O4/c1-15(21-19(23)16-9-12-25-13-10-16)20(24)22(14-18-8-5-11-26-18)17-6-3-2-4-7-17/h2-8,11,15-16H,9-10,12-14H2,1H3,(H,21,23)/t15-/m1/s1. The molecule has 26 heavy (non-hydrogen) atoms. The van der Waals surface area contributed by atoms with Crippen LogP contribution >= 0.6 is 0 Å². The molecule has 0 unspecified atom stereocenters. The van der Waals surface area contributed by atoms with Gasteiger partial charge in [-0.2, -0.15) is 0 Å². The highest BCUT2D eigenvalue weighted by Gasteiger charge is 2.28. The van der Waals surface area contributed by atoms with Gasteiger partial charge in [-0.15, -0.1) is 0 Å². The van der Waals surface area contributed by atoms with E-state index < -0.39 is 6.04 Å². The summed E-state index contributed by atoms with van der Waals surface area (Å²) in [4.78, 5) is 27.1. The first kappa shape index (κ1) is 18.2. The Bertz CT molecular complexity index is 709. The molecule has 0 aliphatic carbocycles. The van der Waals surface area contributed by atoms with Gasteiger partial charge >= 0.3 is 0 Å². The average molecular weight is 356 g/mol. The number of rotatable bonds is 6. The van der Waals surface area contributed by atoms with Crippen LogP contribution in [-0.2, 0) is 20.9 Å². The third-order valence-corrected chi connectivity index (χ3v) is 4.55. The van der Waals surface area contributed by atoms with Crippen molar-refractivity contribution in [3.63, 3.8) is 0 Å². The van der Waals surface area contributed by atoms with E-state index in [2.05, 4.69) is 5.32 Å². The van der Waals surface area contributed by atoms with Crippen molar-refractivity contribution in [3.8, 4) is 0 Å². The summed E-state index contributed by atoms with van der Waals surface area (Å²) in [7, 11) is 0. The van der Waals surface area contributed by atoms with Crippen molar-refractivity contribution in [1.82, 2.24) is 5.32 Å². The van der Waals surface area contributed by atoms with Crippen molar-refractivity contribution >= 4 is 17.5 Å². The van der Waals surface area contributed by atoms with Crippen LogP contribution in [0.5, 0.6) is 0 Å². The number of anilines is 1. The van der Waals surface area contributed by atoms with Crippen LogP contribution in [0.3, 0.4) is 0 Å². The number of hydrogen-bond acceptors (Lipinski definition) is 4. The van der Waals surface area contributed by atoms with Crippen molar-refractivity contribution in [1.29, 1.82) is 0 Å². The van der Waals surface area contributed by atoms with Crippen molar-refractivity contribution < 1.29 is 18.7 Å². The van der Waals surface area contributed by atoms with Gasteiger partial charge in [0.15, 0.2) is 0 Å². The molecule has 0 radical (unpaired) electrons. The number of benzene rings is 1. The number of carbonyl (C=O) groups excluding carboxylic acids is 2. The molecule has 1 N–H and O–H groups in total. The summed E-state index contributed by atoms with van der Waals surface area (Å²) in [5, 5.41) is 2.86. The SMILES string of the molecule is C[C@@H](NC(=O)C1CCOCC1)C(=O)N(Cc1ccco1)c1ccccc1. The Morgan fingerprint density at radius 1 is 1.15 bits per heavy atom. The zero-order chi connectivity index (χ0) is 18.4. The molecule has 1 aromatic carbocycles. The predicted molar refractivity (Wildman–Crippen MR) is 97.5 cm³/mol. The number of nitrogens with zero attached hydrogens (tertiary/aromatic N) is 1. The summed E-state index contributed by atoms with van der Waals surface area (Å²) >= 11 is 0. The lowest BCUT2D eigenvalue weighted by atomic mass is 9.99. The Balaban J connectivity index is 1.70. The van der Waals surface area contributed by atoms with E-state index in [1.165, 1.54) is 0 Å². The molecule has 6 nitrogen and oxygen atoms in total. The summed E-state index contributed by atoms with van der Waals surface area (Å²) in [6.07, 6.45) is 2.97. The number of carbonyl (C=O) groups is 2. The molecule has 2 aromatic rings. The minimum atomic E-state index is -0.625. The van der Waals surface area contributed by atoms with Gasteiger partial charge < -0.3 is 19.4 Å². The van der Waals surface area contributed by atoms with E-state index in [9.17, 15) is 9.59 Å². The average Bonchev–Trinajstić information content (AvgIpc) is 3.20. The number of amides is 2. The van der Waals surface area contributed by atoms with Crippen molar-refractivity contribution in [2.45, 2.75) is 32.4 Å². The van der Waals surface area contributed by atoms with Crippen LogP contribution in [0.15, 0.2) is 53.1 Å². The minimum Gasteiger partial charge on any atom is -0.467 e. The first-order valence-corrected chi connectivity index (χ1v) is 8.92. The molecular formula is C20H24N2O4. The fraction of sp³-hybridized carbons (Fsp3) is 0.400. The third kappa shape index (κ3) is 4.52. The van der Waals surface area contributed by atoms with E-state index in [1.807, 2.05) is 36.4 Å². The van der Waals surface area contributed by atoms with Crippen molar-refractivity contribution in [3.05, 3.63) is 54.5 Å². The van der Waals surface area contributed by atoms with Crippen LogP contribution < -0.4 is 10.2 Å². The maximum atomic E-state index is 13.0. The highest BCUT2D eigenvalue weighted by Crippen LogP contribution is 2.19. The van der Waals surface area contributed by atoms with Gasteiger partial charge in [-0.1, -0.05) is 18.2 Å². The quantitative estimate of drug-likeness (QED) is 0.864. The number of nitrogens with one attached hydrogen (secondary N) is 1. The van der Waals surface area contributed by atoms with Gasteiger partial charge in [0.05, 0.1) is 12.8 Å². The first-order valence-electron chi connectivity index (χ1n) is 8.92. The summed E-state index contributed by atoms with van der Waals surface area (Å²) in [5.74, 6) is 0.340. The Kier molecular flexibility index (Phi) is 6.07. The van der Waals surface area contributed by atoms with Crippen molar-refractivity contribution in [2.75, 3.05) is 18.1 Å². The Morgan fingerprint density at radius 3 is 2.54 bits per heavy atom. The summed E-state index contributed by atoms with van der Waals surface area (Å²) in [6, 6.07) is 12.4. The molecule has 2 heterocycles. The van der Waals surface area contributed by atoms with E-state index in [0.717, 1.165) is 5.69 Å². The van der Waals surface area contributed by atoms with E-state index in [-0.39, 0.29) is 17.7 Å². The number of hydrogen-bond donors (Lipinski definition) is 1. The van der Waals surface area contributed by atoms with Crippen LogP contribution in [0.4, 0.5) is 5.69 Å². The van der Waals surface area contributed by atoms with Crippen LogP contribution in [0.25, 0.3) is 0 Å². The highest BCUT2D eigenvalue weighted by molar-refractivity contribution is 5.99. The van der Waals surface area contributed by atoms with Gasteiger partial charge in [-0.05, 0) is 44.0 Å². The second kappa shape index (κ2) is 8.67. The normalized spacial score (nSPS) is 16.0. The second-order valence-electron chi connectivity index (χ2n) is 6.46. The zero-order valence-corrected chi connectivity index (χ0v) is 14.9. The molecule has 0 saturated carbocycles. The van der Waals surface area contributed by atoms with Crippen LogP contribution in [-0.4, -0.2) is 31.1 Å². The molecule has 1 fully saturated rings. The molecule has 1 atom stereocenters. The topological polar surface area (TPSA) is 71.8 Å². The fourth-order valence-corrected chi connectivity index (χ4v) is 3.05. The monoisotopic (exact) mass is 356 g/mol. The van der Waals surface area contributed by atoms with Crippen LogP contribution in [0.1, 0.15) is 25.5 Å². The summed E-state index contributed by atoms with van der Waals surface area (Å²) in [5.41, 5.74) is 0.765. The largest absolute Gasteiger partial charge is 0.467 e. The molecule has 1 aromatic heterocycles. The third-order valence-electron chi connectivity index (χ3n) is 4.55. The van der Waals surface area contributed by atoms with Gasteiger partial charge in [0.1, 0.15) is 11.8 Å². The molecule has 2 amide bonds. The van der Waals surface area contributed by atoms with Gasteiger partial charge in [0.25, 0.3) is 0 Å². The van der Waals surface area contributed by atoms with E-state index in [4.69, 9.17) is 9.15 Å². The molecule has 0 spiro atoms. The molecule has 1 aliphatic rings. The molecule has 1 aliphatic heterocycles. The highest BCUT2D eigenvalue weighted by atomic mass is 16.5. The van der Waals surface area contributed by atoms with Gasteiger partial charge in [-0.3, -0.25) is 9.59 Å². The molecule has 1 saturated heterocycles. The molecule has 138 valence electrons.